The van der Waals surface area contributed by atoms with Crippen LogP contribution in [0.5, 0.6) is 0 Å². The second kappa shape index (κ2) is 7.82. The molecule has 2 N–H and O–H groups in total. The topological polar surface area (TPSA) is 37.2 Å². The van der Waals surface area contributed by atoms with Crippen molar-refractivity contribution in [1.29, 1.82) is 0 Å². The molecule has 0 amide bonds. The number of aromatic nitrogens is 1. The van der Waals surface area contributed by atoms with E-state index in [1.807, 2.05) is 12.1 Å². The van der Waals surface area contributed by atoms with E-state index in [0.717, 1.165) is 54.6 Å². The quantitative estimate of drug-likeness (QED) is 0.502. The van der Waals surface area contributed by atoms with Gasteiger partial charge in [0.2, 0.25) is 0 Å². The number of aliphatic hydroxyl groups excluding tert-OH is 1. The summed E-state index contributed by atoms with van der Waals surface area (Å²) in [5, 5.41) is 15.1. The SMILES string of the molecule is O[C@@H]1CCNC[C@H]1CCc1ccccc1-n1c2ccc(F)cc2c2cc(F)ccc21. The van der Waals surface area contributed by atoms with Gasteiger partial charge in [-0.1, -0.05) is 18.2 Å². The molecule has 0 saturated carbocycles. The average Bonchev–Trinajstić information content (AvgIpc) is 3.06. The molecular formula is C25H24F2N2O. The maximum atomic E-state index is 14.0. The molecule has 0 spiro atoms. The number of nitrogens with zero attached hydrogens (tertiary/aromatic N) is 1. The molecule has 0 radical (unpaired) electrons. The van der Waals surface area contributed by atoms with E-state index in [-0.39, 0.29) is 23.7 Å². The van der Waals surface area contributed by atoms with Gasteiger partial charge in [0.1, 0.15) is 11.6 Å². The number of para-hydroxylation sites is 1. The van der Waals surface area contributed by atoms with E-state index < -0.39 is 0 Å². The summed E-state index contributed by atoms with van der Waals surface area (Å²) in [5.41, 5.74) is 3.87. The number of aliphatic hydroxyl groups is 1. The second-order valence-corrected chi connectivity index (χ2v) is 8.15. The van der Waals surface area contributed by atoms with Crippen molar-refractivity contribution < 1.29 is 13.9 Å². The van der Waals surface area contributed by atoms with Crippen molar-refractivity contribution in [3.63, 3.8) is 0 Å². The van der Waals surface area contributed by atoms with Gasteiger partial charge in [0.15, 0.2) is 0 Å². The van der Waals surface area contributed by atoms with Crippen LogP contribution < -0.4 is 5.32 Å². The maximum absolute atomic E-state index is 14.0. The number of hydrogen-bond acceptors (Lipinski definition) is 2. The number of nitrogens with one attached hydrogen (secondary N) is 1. The standard InChI is InChI=1S/C25H24F2N2O/c26-18-7-9-23-20(13-18)21-14-19(27)8-10-24(21)29(23)22-4-2-1-3-16(22)5-6-17-15-28-12-11-25(17)30/h1-4,7-10,13-14,17,25,28,30H,5-6,11-12,15H2/t17-,25-/m1/s1. The molecule has 1 aromatic heterocycles. The van der Waals surface area contributed by atoms with Gasteiger partial charge >= 0.3 is 0 Å². The molecular weight excluding hydrogens is 382 g/mol. The van der Waals surface area contributed by atoms with Crippen LogP contribution in [-0.4, -0.2) is 28.9 Å². The van der Waals surface area contributed by atoms with E-state index in [0.29, 0.717) is 10.8 Å². The molecule has 5 heteroatoms. The van der Waals surface area contributed by atoms with Crippen molar-refractivity contribution in [2.75, 3.05) is 13.1 Å². The smallest absolute Gasteiger partial charge is 0.123 e. The fourth-order valence-electron chi connectivity index (χ4n) is 4.71. The van der Waals surface area contributed by atoms with Crippen molar-refractivity contribution in [2.45, 2.75) is 25.4 Å². The van der Waals surface area contributed by atoms with Crippen LogP contribution in [0.15, 0.2) is 60.7 Å². The fourth-order valence-corrected chi connectivity index (χ4v) is 4.71. The number of rotatable bonds is 4. The Labute approximate surface area is 173 Å². The van der Waals surface area contributed by atoms with Crippen LogP contribution in [0, 0.1) is 17.6 Å². The Morgan fingerprint density at radius 1 is 0.933 bits per heavy atom. The molecule has 3 nitrogen and oxygen atoms in total. The fraction of sp³-hybridized carbons (Fsp3) is 0.280. The Morgan fingerprint density at radius 2 is 1.60 bits per heavy atom. The van der Waals surface area contributed by atoms with Crippen molar-refractivity contribution in [3.05, 3.63) is 77.9 Å². The van der Waals surface area contributed by atoms with Gasteiger partial charge in [-0.3, -0.25) is 0 Å². The molecule has 4 aromatic rings. The number of piperidine rings is 1. The average molecular weight is 406 g/mol. The second-order valence-electron chi connectivity index (χ2n) is 8.15. The molecule has 1 aliphatic rings. The molecule has 5 rings (SSSR count). The van der Waals surface area contributed by atoms with Crippen LogP contribution in [0.2, 0.25) is 0 Å². The Kier molecular flexibility index (Phi) is 5.01. The van der Waals surface area contributed by atoms with Gasteiger partial charge in [-0.25, -0.2) is 8.78 Å². The van der Waals surface area contributed by atoms with E-state index in [1.165, 1.54) is 24.3 Å². The number of fused-ring (bicyclic) bond motifs is 3. The number of hydrogen-bond donors (Lipinski definition) is 2. The largest absolute Gasteiger partial charge is 0.393 e. The highest BCUT2D eigenvalue weighted by Gasteiger charge is 2.23. The van der Waals surface area contributed by atoms with Gasteiger partial charge in [0.25, 0.3) is 0 Å². The molecule has 1 aliphatic heterocycles. The lowest BCUT2D eigenvalue weighted by atomic mass is 9.90. The molecule has 30 heavy (non-hydrogen) atoms. The molecule has 2 atom stereocenters. The summed E-state index contributed by atoms with van der Waals surface area (Å²) in [6.45, 7) is 1.69. The summed E-state index contributed by atoms with van der Waals surface area (Å²) in [6, 6.07) is 17.5. The summed E-state index contributed by atoms with van der Waals surface area (Å²) in [5.74, 6) is -0.441. The minimum atomic E-state index is -0.335. The van der Waals surface area contributed by atoms with Crippen LogP contribution in [0.1, 0.15) is 18.4 Å². The van der Waals surface area contributed by atoms with Gasteiger partial charge in [-0.2, -0.15) is 0 Å². The molecule has 1 saturated heterocycles. The van der Waals surface area contributed by atoms with Crippen molar-refractivity contribution in [3.8, 4) is 5.69 Å². The number of halogens is 2. The van der Waals surface area contributed by atoms with Crippen molar-refractivity contribution in [1.82, 2.24) is 9.88 Å². The van der Waals surface area contributed by atoms with Gasteiger partial charge < -0.3 is 15.0 Å². The van der Waals surface area contributed by atoms with Crippen LogP contribution >= 0.6 is 0 Å². The molecule has 0 aliphatic carbocycles. The van der Waals surface area contributed by atoms with Gasteiger partial charge in [0, 0.05) is 23.0 Å². The predicted molar refractivity (Wildman–Crippen MR) is 116 cm³/mol. The van der Waals surface area contributed by atoms with Crippen molar-refractivity contribution >= 4 is 21.8 Å². The lowest BCUT2D eigenvalue weighted by molar-refractivity contribution is 0.0747. The van der Waals surface area contributed by atoms with Crippen LogP contribution in [0.3, 0.4) is 0 Å². The molecule has 154 valence electrons. The third-order valence-corrected chi connectivity index (χ3v) is 6.27. The first-order valence-electron chi connectivity index (χ1n) is 10.5. The van der Waals surface area contributed by atoms with Gasteiger partial charge in [0.05, 0.1) is 17.1 Å². The molecule has 0 unspecified atom stereocenters. The zero-order valence-corrected chi connectivity index (χ0v) is 16.6. The summed E-state index contributed by atoms with van der Waals surface area (Å²) in [4.78, 5) is 0. The number of aryl methyl sites for hydroxylation is 1. The first kappa shape index (κ1) is 19.2. The summed E-state index contributed by atoms with van der Waals surface area (Å²) >= 11 is 0. The predicted octanol–water partition coefficient (Wildman–Crippen LogP) is 4.96. The van der Waals surface area contributed by atoms with Gasteiger partial charge in [-0.05, 0) is 79.8 Å². The monoisotopic (exact) mass is 406 g/mol. The minimum Gasteiger partial charge on any atom is -0.393 e. The highest BCUT2D eigenvalue weighted by atomic mass is 19.1. The van der Waals surface area contributed by atoms with E-state index in [9.17, 15) is 13.9 Å². The molecule has 2 heterocycles. The minimum absolute atomic E-state index is 0.230. The zero-order valence-electron chi connectivity index (χ0n) is 16.6. The van der Waals surface area contributed by atoms with E-state index >= 15 is 0 Å². The molecule has 0 bridgehead atoms. The lowest BCUT2D eigenvalue weighted by Gasteiger charge is -2.28. The first-order valence-corrected chi connectivity index (χ1v) is 10.5. The summed E-state index contributed by atoms with van der Waals surface area (Å²) in [6.07, 6.45) is 2.22. The third-order valence-electron chi connectivity index (χ3n) is 6.27. The van der Waals surface area contributed by atoms with Crippen LogP contribution in [0.4, 0.5) is 8.78 Å². The Hall–Kier alpha value is -2.76. The highest BCUT2D eigenvalue weighted by molar-refractivity contribution is 6.09. The first-order chi connectivity index (χ1) is 14.6. The third kappa shape index (κ3) is 3.38. The zero-order chi connectivity index (χ0) is 20.7. The Balaban J connectivity index is 1.62. The van der Waals surface area contributed by atoms with E-state index in [4.69, 9.17) is 0 Å². The lowest BCUT2D eigenvalue weighted by Crippen LogP contribution is -2.40. The normalized spacial score (nSPS) is 19.6. The van der Waals surface area contributed by atoms with Crippen LogP contribution in [-0.2, 0) is 6.42 Å². The molecule has 3 aromatic carbocycles. The van der Waals surface area contributed by atoms with Crippen molar-refractivity contribution in [2.24, 2.45) is 5.92 Å². The number of benzene rings is 3. The van der Waals surface area contributed by atoms with Crippen LogP contribution in [0.25, 0.3) is 27.5 Å². The molecule has 1 fully saturated rings. The summed E-state index contributed by atoms with van der Waals surface area (Å²) in [7, 11) is 0. The maximum Gasteiger partial charge on any atom is 0.123 e. The Morgan fingerprint density at radius 3 is 2.27 bits per heavy atom. The highest BCUT2D eigenvalue weighted by Crippen LogP contribution is 2.34. The Bertz CT molecular complexity index is 1160. The van der Waals surface area contributed by atoms with E-state index in [1.54, 1.807) is 12.1 Å². The van der Waals surface area contributed by atoms with Gasteiger partial charge in [-0.15, -0.1) is 0 Å². The van der Waals surface area contributed by atoms with E-state index in [2.05, 4.69) is 22.0 Å². The summed E-state index contributed by atoms with van der Waals surface area (Å²) < 4.78 is 30.1.